The van der Waals surface area contributed by atoms with E-state index in [-0.39, 0.29) is 11.0 Å². The fourth-order valence-electron chi connectivity index (χ4n) is 2.13. The lowest BCUT2D eigenvalue weighted by molar-refractivity contribution is 0.628. The Morgan fingerprint density at radius 3 is 2.83 bits per heavy atom. The van der Waals surface area contributed by atoms with Crippen LogP contribution in [-0.4, -0.2) is 29.4 Å². The lowest BCUT2D eigenvalue weighted by Gasteiger charge is -1.99. The molecule has 1 aromatic carbocycles. The summed E-state index contributed by atoms with van der Waals surface area (Å²) in [6.07, 6.45) is 1.54. The molecule has 0 aliphatic carbocycles. The molecule has 0 unspecified atom stereocenters. The first kappa shape index (κ1) is 14.6. The van der Waals surface area contributed by atoms with Gasteiger partial charge in [-0.1, -0.05) is 46.7 Å². The Morgan fingerprint density at radius 2 is 2.09 bits per heavy atom. The third-order valence-corrected chi connectivity index (χ3v) is 4.81. The molecule has 3 aromatic heterocycles. The van der Waals surface area contributed by atoms with Crippen molar-refractivity contribution in [2.24, 2.45) is 0 Å². The van der Waals surface area contributed by atoms with Crippen LogP contribution in [-0.2, 0) is 6.54 Å². The van der Waals surface area contributed by atoms with Crippen LogP contribution in [0.3, 0.4) is 0 Å². The van der Waals surface area contributed by atoms with Crippen molar-refractivity contribution in [3.8, 4) is 11.4 Å². The Kier molecular flexibility index (Phi) is 3.51. The summed E-state index contributed by atoms with van der Waals surface area (Å²) in [7, 11) is 0. The fraction of sp³-hybridized carbons (Fsp3) is 0.0769. The van der Waals surface area contributed by atoms with Gasteiger partial charge in [0.2, 0.25) is 4.96 Å². The number of benzene rings is 1. The number of fused-ring (bicyclic) bond motifs is 1. The number of hydrogen-bond donors (Lipinski definition) is 0. The molecule has 3 heterocycles. The molecule has 0 amide bonds. The van der Waals surface area contributed by atoms with Crippen LogP contribution in [0.4, 0.5) is 4.39 Å². The summed E-state index contributed by atoms with van der Waals surface area (Å²) in [5.74, 6) is 0.145. The molecule has 116 valence electrons. The SMILES string of the molecule is Fc1cccc(-c2nnc3sc(Cn4cnc(Cl)c4Cl)nn23)c1. The van der Waals surface area contributed by atoms with Crippen LogP contribution in [0.2, 0.25) is 10.3 Å². The van der Waals surface area contributed by atoms with Gasteiger partial charge in [-0.25, -0.2) is 9.37 Å². The number of aromatic nitrogens is 6. The molecule has 0 saturated heterocycles. The third kappa shape index (κ3) is 2.58. The minimum Gasteiger partial charge on any atom is -0.313 e. The normalized spacial score (nSPS) is 11.4. The second kappa shape index (κ2) is 5.55. The van der Waals surface area contributed by atoms with E-state index in [9.17, 15) is 4.39 Å². The van der Waals surface area contributed by atoms with Gasteiger partial charge in [-0.3, -0.25) is 0 Å². The molecule has 0 spiro atoms. The van der Waals surface area contributed by atoms with Gasteiger partial charge in [0, 0.05) is 5.56 Å². The lowest BCUT2D eigenvalue weighted by Crippen LogP contribution is -1.99. The molecule has 23 heavy (non-hydrogen) atoms. The second-order valence-corrected chi connectivity index (χ2v) is 6.43. The molecule has 0 aliphatic rings. The number of halogens is 3. The Hall–Kier alpha value is -2.03. The number of nitrogens with zero attached hydrogens (tertiary/aromatic N) is 6. The molecule has 0 atom stereocenters. The van der Waals surface area contributed by atoms with Crippen molar-refractivity contribution in [1.29, 1.82) is 0 Å². The van der Waals surface area contributed by atoms with Crippen molar-refractivity contribution < 1.29 is 4.39 Å². The standard InChI is InChI=1S/C13H7Cl2FN6S/c14-10-11(15)21(6-17-10)5-9-20-22-12(18-19-13(22)23-9)7-2-1-3-8(16)4-7/h1-4,6H,5H2. The van der Waals surface area contributed by atoms with E-state index in [1.54, 1.807) is 27.5 Å². The maximum absolute atomic E-state index is 13.4. The Morgan fingerprint density at radius 1 is 1.22 bits per heavy atom. The molecule has 0 radical (unpaired) electrons. The molecule has 0 N–H and O–H groups in total. The van der Waals surface area contributed by atoms with Gasteiger partial charge in [-0.15, -0.1) is 10.2 Å². The zero-order chi connectivity index (χ0) is 16.0. The van der Waals surface area contributed by atoms with Gasteiger partial charge >= 0.3 is 0 Å². The van der Waals surface area contributed by atoms with Crippen LogP contribution in [0.1, 0.15) is 5.01 Å². The summed E-state index contributed by atoms with van der Waals surface area (Å²) in [4.78, 5) is 4.54. The minimum atomic E-state index is -0.338. The summed E-state index contributed by atoms with van der Waals surface area (Å²) in [6.45, 7) is 0.412. The van der Waals surface area contributed by atoms with E-state index in [1.165, 1.54) is 23.5 Å². The van der Waals surface area contributed by atoms with Gasteiger partial charge in [0.05, 0.1) is 12.9 Å². The molecular formula is C13H7Cl2FN6S. The lowest BCUT2D eigenvalue weighted by atomic mass is 10.2. The zero-order valence-corrected chi connectivity index (χ0v) is 13.6. The molecule has 4 rings (SSSR count). The van der Waals surface area contributed by atoms with E-state index in [0.29, 0.717) is 28.0 Å². The number of hydrogen-bond acceptors (Lipinski definition) is 5. The smallest absolute Gasteiger partial charge is 0.235 e. The zero-order valence-electron chi connectivity index (χ0n) is 11.3. The van der Waals surface area contributed by atoms with Gasteiger partial charge in [0.15, 0.2) is 11.0 Å². The summed E-state index contributed by atoms with van der Waals surface area (Å²) in [5, 5.41) is 14.0. The maximum Gasteiger partial charge on any atom is 0.235 e. The first-order valence-corrected chi connectivity index (χ1v) is 8.02. The van der Waals surface area contributed by atoms with Crippen LogP contribution < -0.4 is 0 Å². The largest absolute Gasteiger partial charge is 0.313 e. The molecule has 0 bridgehead atoms. The number of rotatable bonds is 3. The van der Waals surface area contributed by atoms with E-state index >= 15 is 0 Å². The summed E-state index contributed by atoms with van der Waals surface area (Å²) < 4.78 is 16.6. The van der Waals surface area contributed by atoms with Crippen LogP contribution >= 0.6 is 34.5 Å². The highest BCUT2D eigenvalue weighted by atomic mass is 35.5. The second-order valence-electron chi connectivity index (χ2n) is 4.68. The van der Waals surface area contributed by atoms with Crippen molar-refractivity contribution in [2.45, 2.75) is 6.54 Å². The molecule has 0 aliphatic heterocycles. The highest BCUT2D eigenvalue weighted by Gasteiger charge is 2.15. The van der Waals surface area contributed by atoms with E-state index in [0.717, 1.165) is 5.01 Å². The van der Waals surface area contributed by atoms with Crippen LogP contribution in [0.5, 0.6) is 0 Å². The summed E-state index contributed by atoms with van der Waals surface area (Å²) in [5.41, 5.74) is 0.609. The van der Waals surface area contributed by atoms with Crippen LogP contribution in [0.25, 0.3) is 16.3 Å². The molecule has 4 aromatic rings. The van der Waals surface area contributed by atoms with E-state index in [1.807, 2.05) is 0 Å². The van der Waals surface area contributed by atoms with Gasteiger partial charge in [-0.2, -0.15) is 9.61 Å². The van der Waals surface area contributed by atoms with Crippen molar-refractivity contribution in [2.75, 3.05) is 0 Å². The topological polar surface area (TPSA) is 60.9 Å². The monoisotopic (exact) mass is 368 g/mol. The summed E-state index contributed by atoms with van der Waals surface area (Å²) >= 11 is 13.2. The maximum atomic E-state index is 13.4. The van der Waals surface area contributed by atoms with Crippen LogP contribution in [0.15, 0.2) is 30.6 Å². The first-order valence-electron chi connectivity index (χ1n) is 6.45. The van der Waals surface area contributed by atoms with Crippen molar-refractivity contribution in [3.63, 3.8) is 0 Å². The van der Waals surface area contributed by atoms with Crippen LogP contribution in [0, 0.1) is 5.82 Å². The van der Waals surface area contributed by atoms with Crippen molar-refractivity contribution in [3.05, 3.63) is 51.7 Å². The van der Waals surface area contributed by atoms with Gasteiger partial charge in [0.25, 0.3) is 0 Å². The van der Waals surface area contributed by atoms with E-state index in [4.69, 9.17) is 23.2 Å². The van der Waals surface area contributed by atoms with Gasteiger partial charge in [-0.05, 0) is 12.1 Å². The molecule has 6 nitrogen and oxygen atoms in total. The van der Waals surface area contributed by atoms with Gasteiger partial charge < -0.3 is 4.57 Å². The predicted molar refractivity (Wildman–Crippen MR) is 85.4 cm³/mol. The quantitative estimate of drug-likeness (QED) is 0.554. The molecule has 10 heteroatoms. The third-order valence-electron chi connectivity index (χ3n) is 3.15. The highest BCUT2D eigenvalue weighted by Crippen LogP contribution is 2.25. The minimum absolute atomic E-state index is 0.245. The summed E-state index contributed by atoms with van der Waals surface area (Å²) in [6, 6.07) is 6.14. The molecular weight excluding hydrogens is 362 g/mol. The Labute approximate surface area is 143 Å². The molecule has 0 saturated carbocycles. The first-order chi connectivity index (χ1) is 11.1. The van der Waals surface area contributed by atoms with Crippen molar-refractivity contribution >= 4 is 39.5 Å². The predicted octanol–water partition coefficient (Wildman–Crippen LogP) is 3.54. The fourth-order valence-corrected chi connectivity index (χ4v) is 3.26. The van der Waals surface area contributed by atoms with E-state index in [2.05, 4.69) is 20.3 Å². The average molecular weight is 369 g/mol. The average Bonchev–Trinajstić information content (AvgIpc) is 3.17. The highest BCUT2D eigenvalue weighted by molar-refractivity contribution is 7.16. The van der Waals surface area contributed by atoms with Gasteiger partial charge in [0.1, 0.15) is 16.0 Å². The van der Waals surface area contributed by atoms with Crippen molar-refractivity contribution in [1.82, 2.24) is 29.4 Å². The number of imidazole rings is 1. The Bertz CT molecular complexity index is 1010. The van der Waals surface area contributed by atoms with E-state index < -0.39 is 0 Å². The Balaban J connectivity index is 1.73. The molecule has 0 fully saturated rings.